The van der Waals surface area contributed by atoms with Gasteiger partial charge in [0.1, 0.15) is 18.1 Å². The van der Waals surface area contributed by atoms with E-state index in [0.717, 1.165) is 6.42 Å². The second-order valence-electron chi connectivity index (χ2n) is 3.74. The third kappa shape index (κ3) is 2.81. The molecule has 0 saturated carbocycles. The first-order valence-electron chi connectivity index (χ1n) is 5.49. The van der Waals surface area contributed by atoms with Gasteiger partial charge in [-0.3, -0.25) is 4.79 Å². The van der Waals surface area contributed by atoms with Crippen molar-refractivity contribution in [1.82, 2.24) is 9.97 Å². The Labute approximate surface area is 97.8 Å². The quantitative estimate of drug-likeness (QED) is 0.828. The van der Waals surface area contributed by atoms with E-state index in [1.165, 1.54) is 12.1 Å². The normalized spacial score (nSPS) is 10.7. The average molecular weight is 236 g/mol. The number of aromatic nitrogens is 2. The Balaban J connectivity index is 2.11. The number of nitrogens with zero attached hydrogens (tertiary/aromatic N) is 1. The zero-order valence-electron chi connectivity index (χ0n) is 9.50. The van der Waals surface area contributed by atoms with Crippen LogP contribution in [-0.2, 0) is 16.0 Å². The van der Waals surface area contributed by atoms with Gasteiger partial charge in [0.25, 0.3) is 0 Å². The lowest BCUT2D eigenvalue weighted by Crippen LogP contribution is -2.09. The first kappa shape index (κ1) is 11.6. The van der Waals surface area contributed by atoms with Crippen molar-refractivity contribution in [3.8, 4) is 0 Å². The highest BCUT2D eigenvalue weighted by Gasteiger charge is 2.09. The van der Waals surface area contributed by atoms with Crippen LogP contribution in [0.2, 0.25) is 0 Å². The van der Waals surface area contributed by atoms with Crippen LogP contribution in [0.1, 0.15) is 19.2 Å². The largest absolute Gasteiger partial charge is 0.465 e. The molecular weight excluding hydrogens is 223 g/mol. The van der Waals surface area contributed by atoms with Crippen molar-refractivity contribution in [3.05, 3.63) is 29.8 Å². The van der Waals surface area contributed by atoms with E-state index in [1.54, 1.807) is 6.07 Å². The first-order chi connectivity index (χ1) is 8.19. The van der Waals surface area contributed by atoms with Crippen LogP contribution in [0, 0.1) is 5.82 Å². The van der Waals surface area contributed by atoms with E-state index in [0.29, 0.717) is 23.5 Å². The minimum absolute atomic E-state index is 0.0797. The van der Waals surface area contributed by atoms with Gasteiger partial charge in [-0.2, -0.15) is 0 Å². The molecule has 17 heavy (non-hydrogen) atoms. The molecule has 2 aromatic rings. The van der Waals surface area contributed by atoms with E-state index in [9.17, 15) is 9.18 Å². The summed E-state index contributed by atoms with van der Waals surface area (Å²) in [5.41, 5.74) is 1.23. The Bertz CT molecular complexity index is 536. The molecule has 90 valence electrons. The molecule has 4 nitrogen and oxygen atoms in total. The number of ether oxygens (including phenoxy) is 1. The fraction of sp³-hybridized carbons (Fsp3) is 0.333. The van der Waals surface area contributed by atoms with Crippen molar-refractivity contribution in [1.29, 1.82) is 0 Å². The Morgan fingerprint density at radius 1 is 1.53 bits per heavy atom. The van der Waals surface area contributed by atoms with Crippen molar-refractivity contribution in [2.75, 3.05) is 6.61 Å². The van der Waals surface area contributed by atoms with Crippen molar-refractivity contribution < 1.29 is 13.9 Å². The van der Waals surface area contributed by atoms with Gasteiger partial charge in [0, 0.05) is 0 Å². The molecule has 1 aromatic heterocycles. The summed E-state index contributed by atoms with van der Waals surface area (Å²) in [6.07, 6.45) is 0.868. The summed E-state index contributed by atoms with van der Waals surface area (Å²) in [5, 5.41) is 0. The average Bonchev–Trinajstić information content (AvgIpc) is 2.67. The van der Waals surface area contributed by atoms with Gasteiger partial charge in [0.2, 0.25) is 0 Å². The molecule has 0 bridgehead atoms. The number of fused-ring (bicyclic) bond motifs is 1. The van der Waals surface area contributed by atoms with Crippen molar-refractivity contribution in [2.24, 2.45) is 0 Å². The third-order valence-electron chi connectivity index (χ3n) is 2.27. The highest BCUT2D eigenvalue weighted by Crippen LogP contribution is 2.13. The molecule has 0 unspecified atom stereocenters. The van der Waals surface area contributed by atoms with Gasteiger partial charge in [-0.05, 0) is 24.6 Å². The topological polar surface area (TPSA) is 55.0 Å². The van der Waals surface area contributed by atoms with E-state index >= 15 is 0 Å². The Hall–Kier alpha value is -1.91. The lowest BCUT2D eigenvalue weighted by atomic mass is 10.3. The summed E-state index contributed by atoms with van der Waals surface area (Å²) in [4.78, 5) is 18.4. The maximum absolute atomic E-state index is 12.9. The summed E-state index contributed by atoms with van der Waals surface area (Å²) in [7, 11) is 0. The van der Waals surface area contributed by atoms with Crippen LogP contribution in [0.4, 0.5) is 4.39 Å². The first-order valence-corrected chi connectivity index (χ1v) is 5.49. The summed E-state index contributed by atoms with van der Waals surface area (Å²) in [6.45, 7) is 2.34. The molecule has 0 amide bonds. The summed E-state index contributed by atoms with van der Waals surface area (Å²) in [5.74, 6) is -0.167. The number of benzene rings is 1. The SMILES string of the molecule is CCCOC(=O)Cc1nc2ccc(F)cc2[nH]1. The standard InChI is InChI=1S/C12H13FN2O2/c1-2-5-17-12(16)7-11-14-9-4-3-8(13)6-10(9)15-11/h3-4,6H,2,5,7H2,1H3,(H,14,15). The van der Waals surface area contributed by atoms with E-state index in [2.05, 4.69) is 9.97 Å². The number of carbonyl (C=O) groups is 1. The minimum atomic E-state index is -0.332. The lowest BCUT2D eigenvalue weighted by Gasteiger charge is -1.99. The Kier molecular flexibility index (Phi) is 3.37. The summed E-state index contributed by atoms with van der Waals surface area (Å²) in [6, 6.07) is 4.26. The Morgan fingerprint density at radius 3 is 3.12 bits per heavy atom. The summed E-state index contributed by atoms with van der Waals surface area (Å²) < 4.78 is 17.9. The van der Waals surface area contributed by atoms with E-state index < -0.39 is 0 Å². The number of nitrogens with one attached hydrogen (secondary N) is 1. The van der Waals surface area contributed by atoms with Gasteiger partial charge in [-0.25, -0.2) is 9.37 Å². The molecule has 5 heteroatoms. The number of H-pyrrole nitrogens is 1. The fourth-order valence-corrected chi connectivity index (χ4v) is 1.52. The van der Waals surface area contributed by atoms with Gasteiger partial charge >= 0.3 is 5.97 Å². The molecule has 2 rings (SSSR count). The van der Waals surface area contributed by atoms with Crippen LogP contribution in [0.15, 0.2) is 18.2 Å². The number of esters is 1. The number of hydrogen-bond donors (Lipinski definition) is 1. The van der Waals surface area contributed by atoms with Crippen LogP contribution >= 0.6 is 0 Å². The number of halogens is 1. The zero-order valence-corrected chi connectivity index (χ0v) is 9.50. The van der Waals surface area contributed by atoms with Gasteiger partial charge in [-0.15, -0.1) is 0 Å². The fourth-order valence-electron chi connectivity index (χ4n) is 1.52. The monoisotopic (exact) mass is 236 g/mol. The number of rotatable bonds is 4. The highest BCUT2D eigenvalue weighted by molar-refractivity contribution is 5.77. The smallest absolute Gasteiger partial charge is 0.313 e. The number of aromatic amines is 1. The predicted molar refractivity (Wildman–Crippen MR) is 61.0 cm³/mol. The van der Waals surface area contributed by atoms with Gasteiger partial charge in [0.05, 0.1) is 17.6 Å². The van der Waals surface area contributed by atoms with Crippen molar-refractivity contribution in [2.45, 2.75) is 19.8 Å². The van der Waals surface area contributed by atoms with Crippen LogP contribution in [0.5, 0.6) is 0 Å². The Morgan fingerprint density at radius 2 is 2.35 bits per heavy atom. The highest BCUT2D eigenvalue weighted by atomic mass is 19.1. The van der Waals surface area contributed by atoms with Crippen LogP contribution in [0.3, 0.4) is 0 Å². The maximum Gasteiger partial charge on any atom is 0.313 e. The van der Waals surface area contributed by atoms with Crippen molar-refractivity contribution >= 4 is 17.0 Å². The van der Waals surface area contributed by atoms with E-state index in [1.807, 2.05) is 6.92 Å². The maximum atomic E-state index is 12.9. The predicted octanol–water partition coefficient (Wildman–Crippen LogP) is 2.20. The molecule has 0 aliphatic rings. The number of hydrogen-bond acceptors (Lipinski definition) is 3. The van der Waals surface area contributed by atoms with E-state index in [-0.39, 0.29) is 18.2 Å². The minimum Gasteiger partial charge on any atom is -0.465 e. The van der Waals surface area contributed by atoms with Crippen molar-refractivity contribution in [3.63, 3.8) is 0 Å². The zero-order chi connectivity index (χ0) is 12.3. The molecule has 0 radical (unpaired) electrons. The molecule has 1 N–H and O–H groups in total. The molecule has 0 saturated heterocycles. The molecule has 0 atom stereocenters. The second-order valence-corrected chi connectivity index (χ2v) is 3.74. The van der Waals surface area contributed by atoms with Crippen LogP contribution in [-0.4, -0.2) is 22.5 Å². The van der Waals surface area contributed by atoms with Gasteiger partial charge in [-0.1, -0.05) is 6.92 Å². The molecule has 0 aliphatic carbocycles. The van der Waals surface area contributed by atoms with Crippen LogP contribution in [0.25, 0.3) is 11.0 Å². The number of imidazole rings is 1. The third-order valence-corrected chi connectivity index (χ3v) is 2.27. The van der Waals surface area contributed by atoms with Crippen LogP contribution < -0.4 is 0 Å². The molecule has 0 aliphatic heterocycles. The second kappa shape index (κ2) is 4.95. The van der Waals surface area contributed by atoms with Gasteiger partial charge in [0.15, 0.2) is 0 Å². The molecule has 0 spiro atoms. The molecule has 0 fully saturated rings. The van der Waals surface area contributed by atoms with Gasteiger partial charge < -0.3 is 9.72 Å². The summed E-state index contributed by atoms with van der Waals surface area (Å²) >= 11 is 0. The molecule has 1 aromatic carbocycles. The lowest BCUT2D eigenvalue weighted by molar-refractivity contribution is -0.142. The molecule has 1 heterocycles. The van der Waals surface area contributed by atoms with E-state index in [4.69, 9.17) is 4.74 Å². The number of carbonyl (C=O) groups excluding carboxylic acids is 1. The molecular formula is C12H13FN2O2.